The minimum atomic E-state index is -0.0337. The van der Waals surface area contributed by atoms with E-state index in [0.717, 1.165) is 31.4 Å². The number of carbonyl (C=O) groups is 1. The number of H-pyrrole nitrogens is 1. The first-order chi connectivity index (χ1) is 16.1. The number of para-hydroxylation sites is 1. The number of benzene rings is 2. The van der Waals surface area contributed by atoms with Crippen molar-refractivity contribution in [3.63, 3.8) is 0 Å². The molecule has 1 aromatic heterocycles. The van der Waals surface area contributed by atoms with Crippen LogP contribution in [0.2, 0.25) is 0 Å². The number of morpholine rings is 1. The van der Waals surface area contributed by atoms with Crippen LogP contribution in [0, 0.1) is 5.92 Å². The molecule has 2 aromatic carbocycles. The largest absolute Gasteiger partial charge is 0.379 e. The molecule has 5 rings (SSSR count). The molecule has 1 aliphatic heterocycles. The first-order valence-electron chi connectivity index (χ1n) is 12.0. The van der Waals surface area contributed by atoms with Gasteiger partial charge in [0.25, 0.3) is 0 Å². The third-order valence-electron chi connectivity index (χ3n) is 7.07. The summed E-state index contributed by atoms with van der Waals surface area (Å²) in [6.07, 6.45) is 4.39. The average Bonchev–Trinajstić information content (AvgIpc) is 3.59. The van der Waals surface area contributed by atoms with E-state index in [1.165, 1.54) is 22.2 Å². The second kappa shape index (κ2) is 9.57. The minimum absolute atomic E-state index is 0.0337. The SMILES string of the molecule is CN(C)c1ccc([C@H](CNC(=O)[C@H](C2CC2)N2CCOCC2)c2c[nH]c3ccccc23)cc1. The molecule has 6 nitrogen and oxygen atoms in total. The number of carbonyl (C=O) groups excluding carboxylic acids is 1. The highest BCUT2D eigenvalue weighted by molar-refractivity contribution is 5.85. The van der Waals surface area contributed by atoms with Gasteiger partial charge in [0.1, 0.15) is 0 Å². The lowest BCUT2D eigenvalue weighted by atomic mass is 9.90. The number of ether oxygens (including phenoxy) is 1. The molecule has 174 valence electrons. The van der Waals surface area contributed by atoms with Crippen LogP contribution < -0.4 is 10.2 Å². The molecule has 2 heterocycles. The number of nitrogens with zero attached hydrogens (tertiary/aromatic N) is 2. The molecule has 0 bridgehead atoms. The number of fused-ring (bicyclic) bond motifs is 1. The van der Waals surface area contributed by atoms with E-state index in [0.29, 0.717) is 25.7 Å². The molecule has 2 atom stereocenters. The van der Waals surface area contributed by atoms with E-state index in [4.69, 9.17) is 4.74 Å². The summed E-state index contributed by atoms with van der Waals surface area (Å²) in [5.74, 6) is 0.717. The predicted molar refractivity (Wildman–Crippen MR) is 133 cm³/mol. The third kappa shape index (κ3) is 4.77. The zero-order valence-corrected chi connectivity index (χ0v) is 19.6. The summed E-state index contributed by atoms with van der Waals surface area (Å²) in [6.45, 7) is 3.69. The van der Waals surface area contributed by atoms with Crippen molar-refractivity contribution in [1.82, 2.24) is 15.2 Å². The van der Waals surface area contributed by atoms with E-state index in [-0.39, 0.29) is 17.9 Å². The first-order valence-corrected chi connectivity index (χ1v) is 12.0. The Morgan fingerprint density at radius 1 is 1.12 bits per heavy atom. The second-order valence-corrected chi connectivity index (χ2v) is 9.50. The molecule has 0 unspecified atom stereocenters. The van der Waals surface area contributed by atoms with Crippen LogP contribution in [0.25, 0.3) is 10.9 Å². The molecule has 0 radical (unpaired) electrons. The summed E-state index contributed by atoms with van der Waals surface area (Å²) < 4.78 is 5.52. The average molecular weight is 447 g/mol. The second-order valence-electron chi connectivity index (χ2n) is 9.50. The van der Waals surface area contributed by atoms with Gasteiger partial charge in [0.15, 0.2) is 0 Å². The Labute approximate surface area is 195 Å². The first kappa shape index (κ1) is 22.0. The topological polar surface area (TPSA) is 60.6 Å². The number of hydrogen-bond donors (Lipinski definition) is 2. The molecule has 0 spiro atoms. The number of amides is 1. The summed E-state index contributed by atoms with van der Waals surface area (Å²) in [6, 6.07) is 17.0. The van der Waals surface area contributed by atoms with Gasteiger partial charge in [0, 0.05) is 62.4 Å². The van der Waals surface area contributed by atoms with Crippen molar-refractivity contribution in [2.24, 2.45) is 5.92 Å². The molecule has 3 aromatic rings. The molecule has 33 heavy (non-hydrogen) atoms. The summed E-state index contributed by atoms with van der Waals surface area (Å²) >= 11 is 0. The van der Waals surface area contributed by atoms with Crippen LogP contribution in [0.4, 0.5) is 5.69 Å². The fourth-order valence-corrected chi connectivity index (χ4v) is 5.05. The Morgan fingerprint density at radius 2 is 1.85 bits per heavy atom. The monoisotopic (exact) mass is 446 g/mol. The highest BCUT2D eigenvalue weighted by Gasteiger charge is 2.40. The van der Waals surface area contributed by atoms with Gasteiger partial charge < -0.3 is 19.9 Å². The van der Waals surface area contributed by atoms with Gasteiger partial charge in [0.05, 0.1) is 19.3 Å². The normalized spacial score (nSPS) is 18.7. The van der Waals surface area contributed by atoms with Gasteiger partial charge in [-0.05, 0) is 48.1 Å². The van der Waals surface area contributed by atoms with Crippen LogP contribution in [-0.4, -0.2) is 68.8 Å². The maximum absolute atomic E-state index is 13.4. The number of rotatable bonds is 8. The van der Waals surface area contributed by atoms with Crippen molar-refractivity contribution in [3.8, 4) is 0 Å². The predicted octanol–water partition coefficient (Wildman–Crippen LogP) is 3.59. The highest BCUT2D eigenvalue weighted by atomic mass is 16.5. The van der Waals surface area contributed by atoms with E-state index < -0.39 is 0 Å². The zero-order valence-electron chi connectivity index (χ0n) is 19.6. The number of nitrogens with one attached hydrogen (secondary N) is 2. The Hall–Kier alpha value is -2.83. The summed E-state index contributed by atoms with van der Waals surface area (Å²) in [7, 11) is 4.10. The van der Waals surface area contributed by atoms with Crippen molar-refractivity contribution in [2.75, 3.05) is 51.8 Å². The van der Waals surface area contributed by atoms with E-state index >= 15 is 0 Å². The molecule has 2 aliphatic rings. The Bertz CT molecular complexity index is 1080. The summed E-state index contributed by atoms with van der Waals surface area (Å²) in [5.41, 5.74) is 4.72. The van der Waals surface area contributed by atoms with E-state index in [1.54, 1.807) is 0 Å². The lowest BCUT2D eigenvalue weighted by molar-refractivity contribution is -0.129. The lowest BCUT2D eigenvalue weighted by Gasteiger charge is -2.34. The van der Waals surface area contributed by atoms with E-state index in [2.05, 4.69) is 82.9 Å². The molecule has 1 saturated heterocycles. The quantitative estimate of drug-likeness (QED) is 0.555. The molecular weight excluding hydrogens is 412 g/mol. The van der Waals surface area contributed by atoms with Crippen molar-refractivity contribution >= 4 is 22.5 Å². The Balaban J connectivity index is 1.40. The molecular formula is C27H34N4O2. The van der Waals surface area contributed by atoms with Gasteiger partial charge in [-0.25, -0.2) is 0 Å². The number of aromatic amines is 1. The van der Waals surface area contributed by atoms with E-state index in [9.17, 15) is 4.79 Å². The van der Waals surface area contributed by atoms with Gasteiger partial charge in [-0.1, -0.05) is 30.3 Å². The number of anilines is 1. The van der Waals surface area contributed by atoms with Crippen molar-refractivity contribution in [3.05, 3.63) is 65.9 Å². The summed E-state index contributed by atoms with van der Waals surface area (Å²) in [4.78, 5) is 21.3. The fourth-order valence-electron chi connectivity index (χ4n) is 5.05. The molecule has 1 saturated carbocycles. The van der Waals surface area contributed by atoms with Gasteiger partial charge in [0.2, 0.25) is 5.91 Å². The lowest BCUT2D eigenvalue weighted by Crippen LogP contribution is -2.52. The van der Waals surface area contributed by atoms with Crippen LogP contribution >= 0.6 is 0 Å². The summed E-state index contributed by atoms with van der Waals surface area (Å²) in [5, 5.41) is 4.55. The smallest absolute Gasteiger partial charge is 0.237 e. The van der Waals surface area contributed by atoms with Crippen molar-refractivity contribution in [2.45, 2.75) is 24.8 Å². The Morgan fingerprint density at radius 3 is 2.55 bits per heavy atom. The maximum atomic E-state index is 13.4. The maximum Gasteiger partial charge on any atom is 0.237 e. The fraction of sp³-hybridized carbons (Fsp3) is 0.444. The van der Waals surface area contributed by atoms with Crippen molar-refractivity contribution < 1.29 is 9.53 Å². The number of aromatic nitrogens is 1. The number of hydrogen-bond acceptors (Lipinski definition) is 4. The van der Waals surface area contributed by atoms with Crippen LogP contribution in [0.15, 0.2) is 54.7 Å². The molecule has 2 N–H and O–H groups in total. The van der Waals surface area contributed by atoms with Crippen LogP contribution in [-0.2, 0) is 9.53 Å². The van der Waals surface area contributed by atoms with Crippen LogP contribution in [0.3, 0.4) is 0 Å². The minimum Gasteiger partial charge on any atom is -0.379 e. The molecule has 6 heteroatoms. The van der Waals surface area contributed by atoms with Gasteiger partial charge in [-0.15, -0.1) is 0 Å². The Kier molecular flexibility index (Phi) is 6.38. The molecule has 2 fully saturated rings. The molecule has 1 aliphatic carbocycles. The van der Waals surface area contributed by atoms with Crippen LogP contribution in [0.1, 0.15) is 29.9 Å². The van der Waals surface area contributed by atoms with Gasteiger partial charge in [-0.3, -0.25) is 9.69 Å². The third-order valence-corrected chi connectivity index (χ3v) is 7.07. The van der Waals surface area contributed by atoms with Gasteiger partial charge >= 0.3 is 0 Å². The van der Waals surface area contributed by atoms with Gasteiger partial charge in [-0.2, -0.15) is 0 Å². The van der Waals surface area contributed by atoms with Crippen molar-refractivity contribution in [1.29, 1.82) is 0 Å². The zero-order chi connectivity index (χ0) is 22.8. The standard InChI is InChI=1S/C27H34N4O2/c1-30(2)21-11-9-19(10-12-21)23(24-18-28-25-6-4-3-5-22(24)25)17-29-27(32)26(20-7-8-20)31-13-15-33-16-14-31/h3-6,9-12,18,20,23,26,28H,7-8,13-17H2,1-2H3,(H,29,32)/t23-,26-/m0/s1. The molecule has 1 amide bonds. The highest BCUT2D eigenvalue weighted by Crippen LogP contribution is 2.36. The van der Waals surface area contributed by atoms with E-state index in [1.807, 2.05) is 6.07 Å². The van der Waals surface area contributed by atoms with Crippen LogP contribution in [0.5, 0.6) is 0 Å².